The monoisotopic (exact) mass is 317 g/mol. The molecular formula is C18H21O3S-. The number of hydrogen-bond acceptors (Lipinski definition) is 3. The van der Waals surface area contributed by atoms with E-state index < -0.39 is 10.1 Å². The summed E-state index contributed by atoms with van der Waals surface area (Å²) in [5.41, 5.74) is 2.36. The van der Waals surface area contributed by atoms with E-state index >= 15 is 0 Å². The summed E-state index contributed by atoms with van der Waals surface area (Å²) in [6.07, 6.45) is 1.96. The first-order valence-electron chi connectivity index (χ1n) is 7.58. The lowest BCUT2D eigenvalue weighted by Crippen LogP contribution is -2.10. The van der Waals surface area contributed by atoms with Gasteiger partial charge in [-0.1, -0.05) is 56.3 Å². The van der Waals surface area contributed by atoms with Gasteiger partial charge in [-0.25, -0.2) is 8.42 Å². The Morgan fingerprint density at radius 3 is 1.68 bits per heavy atom. The number of benzene rings is 2. The quantitative estimate of drug-likeness (QED) is 0.747. The second-order valence-corrected chi connectivity index (χ2v) is 6.84. The molecule has 2 aromatic carbocycles. The molecule has 2 rings (SSSR count). The van der Waals surface area contributed by atoms with E-state index in [4.69, 9.17) is 0 Å². The predicted octanol–water partition coefficient (Wildman–Crippen LogP) is 4.28. The van der Waals surface area contributed by atoms with Gasteiger partial charge in [0, 0.05) is 0 Å². The Morgan fingerprint density at radius 1 is 0.818 bits per heavy atom. The molecule has 0 radical (unpaired) electrons. The Morgan fingerprint density at radius 2 is 1.27 bits per heavy atom. The zero-order valence-electron chi connectivity index (χ0n) is 12.9. The van der Waals surface area contributed by atoms with Crippen LogP contribution in [0.3, 0.4) is 0 Å². The Kier molecular flexibility index (Phi) is 5.37. The normalized spacial score (nSPS) is 14.5. The van der Waals surface area contributed by atoms with Crippen molar-refractivity contribution in [1.29, 1.82) is 0 Å². The molecule has 118 valence electrons. The van der Waals surface area contributed by atoms with Gasteiger partial charge in [0.25, 0.3) is 0 Å². The van der Waals surface area contributed by atoms with Gasteiger partial charge in [0.1, 0.15) is 10.1 Å². The van der Waals surface area contributed by atoms with Crippen molar-refractivity contribution in [3.8, 4) is 0 Å². The minimum absolute atomic E-state index is 0.168. The highest BCUT2D eigenvalue weighted by Gasteiger charge is 2.21. The third-order valence-electron chi connectivity index (χ3n) is 4.19. The first-order valence-corrected chi connectivity index (χ1v) is 8.99. The zero-order chi connectivity index (χ0) is 16.2. The minimum atomic E-state index is -4.38. The third-order valence-corrected chi connectivity index (χ3v) is 5.04. The van der Waals surface area contributed by atoms with Crippen LogP contribution in [-0.2, 0) is 10.1 Å². The Labute approximate surface area is 132 Å². The van der Waals surface area contributed by atoms with E-state index in [1.807, 2.05) is 18.2 Å². The molecule has 2 unspecified atom stereocenters. The molecule has 22 heavy (non-hydrogen) atoms. The van der Waals surface area contributed by atoms with Crippen LogP contribution < -0.4 is 0 Å². The molecule has 0 aliphatic carbocycles. The fraction of sp³-hybridized carbons (Fsp3) is 0.333. The van der Waals surface area contributed by atoms with Crippen LogP contribution in [0.4, 0.5) is 0 Å². The van der Waals surface area contributed by atoms with Gasteiger partial charge >= 0.3 is 0 Å². The highest BCUT2D eigenvalue weighted by Crippen LogP contribution is 2.38. The minimum Gasteiger partial charge on any atom is -0.744 e. The summed E-state index contributed by atoms with van der Waals surface area (Å²) < 4.78 is 33.1. The maximum Gasteiger partial charge on any atom is 0.124 e. The molecule has 0 saturated carbocycles. The van der Waals surface area contributed by atoms with E-state index in [1.54, 1.807) is 12.1 Å². The topological polar surface area (TPSA) is 57.2 Å². The first-order chi connectivity index (χ1) is 10.5. The van der Waals surface area contributed by atoms with Crippen molar-refractivity contribution in [2.24, 2.45) is 0 Å². The van der Waals surface area contributed by atoms with Crippen LogP contribution in [0.5, 0.6) is 0 Å². The van der Waals surface area contributed by atoms with Crippen LogP contribution in [0.15, 0.2) is 59.5 Å². The lowest BCUT2D eigenvalue weighted by molar-refractivity contribution is 0.463. The van der Waals surface area contributed by atoms with Gasteiger partial charge in [-0.3, -0.25) is 0 Å². The fourth-order valence-electron chi connectivity index (χ4n) is 3.09. The van der Waals surface area contributed by atoms with Gasteiger partial charge in [-0.15, -0.1) is 0 Å². The number of hydrogen-bond donors (Lipinski definition) is 0. The van der Waals surface area contributed by atoms with Crippen LogP contribution in [0, 0.1) is 0 Å². The number of rotatable bonds is 6. The third kappa shape index (κ3) is 3.76. The molecule has 0 aliphatic heterocycles. The Balaban J connectivity index is 2.34. The van der Waals surface area contributed by atoms with Gasteiger partial charge in [0.2, 0.25) is 0 Å². The maximum absolute atomic E-state index is 11.0. The molecule has 0 amide bonds. The maximum atomic E-state index is 11.0. The molecule has 0 aromatic heterocycles. The van der Waals surface area contributed by atoms with Crippen LogP contribution in [0.2, 0.25) is 0 Å². The predicted molar refractivity (Wildman–Crippen MR) is 86.9 cm³/mol. The average molecular weight is 317 g/mol. The molecule has 2 aromatic rings. The molecule has 0 spiro atoms. The van der Waals surface area contributed by atoms with Crippen molar-refractivity contribution in [2.45, 2.75) is 43.4 Å². The van der Waals surface area contributed by atoms with Crippen molar-refractivity contribution in [3.05, 3.63) is 65.7 Å². The van der Waals surface area contributed by atoms with Gasteiger partial charge in [-0.2, -0.15) is 0 Å². The molecule has 3 nitrogen and oxygen atoms in total. The molecular weight excluding hydrogens is 296 g/mol. The van der Waals surface area contributed by atoms with E-state index in [2.05, 4.69) is 26.0 Å². The van der Waals surface area contributed by atoms with Crippen LogP contribution in [0.1, 0.15) is 49.7 Å². The fourth-order valence-corrected chi connectivity index (χ4v) is 3.56. The highest BCUT2D eigenvalue weighted by molar-refractivity contribution is 7.85. The largest absolute Gasteiger partial charge is 0.744 e. The molecule has 0 N–H and O–H groups in total. The lowest BCUT2D eigenvalue weighted by Gasteiger charge is -2.26. The van der Waals surface area contributed by atoms with E-state index in [0.29, 0.717) is 11.8 Å². The molecule has 0 aliphatic rings. The highest BCUT2D eigenvalue weighted by atomic mass is 32.2. The summed E-state index contributed by atoms with van der Waals surface area (Å²) in [4.78, 5) is -0.168. The van der Waals surface area contributed by atoms with Gasteiger partial charge < -0.3 is 4.55 Å². The molecule has 0 heterocycles. The molecule has 2 atom stereocenters. The van der Waals surface area contributed by atoms with Crippen molar-refractivity contribution >= 4 is 10.1 Å². The summed E-state index contributed by atoms with van der Waals surface area (Å²) in [7, 11) is -4.38. The first kappa shape index (κ1) is 16.7. The van der Waals surface area contributed by atoms with E-state index in [9.17, 15) is 13.0 Å². The molecule has 0 saturated heterocycles. The molecule has 0 bridgehead atoms. The van der Waals surface area contributed by atoms with Crippen LogP contribution in [0.25, 0.3) is 0 Å². The lowest BCUT2D eigenvalue weighted by atomic mass is 9.78. The van der Waals surface area contributed by atoms with E-state index in [-0.39, 0.29) is 4.90 Å². The van der Waals surface area contributed by atoms with Gasteiger partial charge in [0.05, 0.1) is 4.90 Å². The van der Waals surface area contributed by atoms with Crippen LogP contribution >= 0.6 is 0 Å². The second-order valence-electron chi connectivity index (χ2n) is 5.46. The van der Waals surface area contributed by atoms with Crippen molar-refractivity contribution in [1.82, 2.24) is 0 Å². The van der Waals surface area contributed by atoms with Gasteiger partial charge in [0.15, 0.2) is 0 Å². The average Bonchev–Trinajstić information content (AvgIpc) is 2.52. The molecule has 0 fully saturated rings. The van der Waals surface area contributed by atoms with Gasteiger partial charge in [-0.05, 0) is 47.9 Å². The van der Waals surface area contributed by atoms with E-state index in [1.165, 1.54) is 17.7 Å². The summed E-state index contributed by atoms with van der Waals surface area (Å²) in [6.45, 7) is 4.30. The summed E-state index contributed by atoms with van der Waals surface area (Å²) in [5, 5.41) is 0. The SMILES string of the molecule is CCC(c1ccccc1)C(CC)c1ccc(S(=O)(=O)[O-])cc1. The van der Waals surface area contributed by atoms with Crippen molar-refractivity contribution < 1.29 is 13.0 Å². The Hall–Kier alpha value is -1.65. The smallest absolute Gasteiger partial charge is 0.124 e. The molecule has 4 heteroatoms. The zero-order valence-corrected chi connectivity index (χ0v) is 13.7. The second kappa shape index (κ2) is 7.07. The van der Waals surface area contributed by atoms with E-state index in [0.717, 1.165) is 18.4 Å². The summed E-state index contributed by atoms with van der Waals surface area (Å²) in [6, 6.07) is 16.7. The summed E-state index contributed by atoms with van der Waals surface area (Å²) >= 11 is 0. The van der Waals surface area contributed by atoms with Crippen LogP contribution in [-0.4, -0.2) is 13.0 Å². The standard InChI is InChI=1S/C18H22O3S/c1-3-17(14-8-6-5-7-9-14)18(4-2)15-10-12-16(13-11-15)22(19,20)21/h5-13,17-18H,3-4H2,1-2H3,(H,19,20,21)/p-1. The van der Waals surface area contributed by atoms with Crippen molar-refractivity contribution in [3.63, 3.8) is 0 Å². The van der Waals surface area contributed by atoms with Crippen molar-refractivity contribution in [2.75, 3.05) is 0 Å². The Bertz CT molecular complexity index is 691. The summed E-state index contributed by atoms with van der Waals surface area (Å²) in [5.74, 6) is 0.678.